The van der Waals surface area contributed by atoms with Gasteiger partial charge in [0.1, 0.15) is 5.69 Å². The number of rotatable bonds is 8. The monoisotopic (exact) mass is 296 g/mol. The van der Waals surface area contributed by atoms with Crippen LogP contribution in [0.1, 0.15) is 39.0 Å². The molecule has 1 rings (SSSR count). The summed E-state index contributed by atoms with van der Waals surface area (Å²) in [5, 5.41) is 3.03. The van der Waals surface area contributed by atoms with E-state index < -0.39 is 5.97 Å². The molecule has 1 aromatic heterocycles. The molecule has 0 fully saturated rings. The standard InChI is InChI=1S/C15H24N2O4/c1-6-17-11(3)13(10(2)14(17)15(19)21-5)12(18)9-16-7-8-20-4/h16H,6-9H2,1-5H3. The van der Waals surface area contributed by atoms with Gasteiger partial charge in [0.2, 0.25) is 0 Å². The van der Waals surface area contributed by atoms with E-state index in [9.17, 15) is 9.59 Å². The normalized spacial score (nSPS) is 10.7. The van der Waals surface area contributed by atoms with Gasteiger partial charge in [-0.05, 0) is 26.3 Å². The second-order valence-electron chi connectivity index (χ2n) is 4.76. The molecule has 0 aliphatic carbocycles. The van der Waals surface area contributed by atoms with Crippen molar-refractivity contribution in [2.45, 2.75) is 27.3 Å². The fourth-order valence-corrected chi connectivity index (χ4v) is 2.53. The largest absolute Gasteiger partial charge is 0.464 e. The molecule has 1 N–H and O–H groups in total. The van der Waals surface area contributed by atoms with Gasteiger partial charge in [-0.25, -0.2) is 4.79 Å². The molecule has 6 nitrogen and oxygen atoms in total. The molecule has 1 heterocycles. The first-order valence-corrected chi connectivity index (χ1v) is 7.00. The first kappa shape index (κ1) is 17.4. The van der Waals surface area contributed by atoms with Crippen LogP contribution in [-0.2, 0) is 16.0 Å². The van der Waals surface area contributed by atoms with E-state index in [-0.39, 0.29) is 12.3 Å². The van der Waals surface area contributed by atoms with E-state index in [1.54, 1.807) is 14.0 Å². The van der Waals surface area contributed by atoms with Crippen LogP contribution in [0.15, 0.2) is 0 Å². The number of esters is 1. The summed E-state index contributed by atoms with van der Waals surface area (Å²) in [6.45, 7) is 7.57. The lowest BCUT2D eigenvalue weighted by atomic mass is 10.1. The van der Waals surface area contributed by atoms with E-state index in [2.05, 4.69) is 5.32 Å². The van der Waals surface area contributed by atoms with E-state index >= 15 is 0 Å². The molecule has 0 aliphatic heterocycles. The van der Waals surface area contributed by atoms with Crippen molar-refractivity contribution in [3.8, 4) is 0 Å². The summed E-state index contributed by atoms with van der Waals surface area (Å²) in [4.78, 5) is 24.3. The van der Waals surface area contributed by atoms with E-state index in [1.807, 2.05) is 18.4 Å². The van der Waals surface area contributed by atoms with Gasteiger partial charge < -0.3 is 19.4 Å². The van der Waals surface area contributed by atoms with Gasteiger partial charge >= 0.3 is 5.97 Å². The summed E-state index contributed by atoms with van der Waals surface area (Å²) in [6, 6.07) is 0. The number of methoxy groups -OCH3 is 2. The predicted octanol–water partition coefficient (Wildman–Crippen LogP) is 1.33. The van der Waals surface area contributed by atoms with Gasteiger partial charge in [0.25, 0.3) is 0 Å². The summed E-state index contributed by atoms with van der Waals surface area (Å²) in [5.74, 6) is -0.442. The molecule has 21 heavy (non-hydrogen) atoms. The summed E-state index contributed by atoms with van der Waals surface area (Å²) in [6.07, 6.45) is 0. The molecule has 0 aliphatic rings. The Morgan fingerprint density at radius 1 is 1.24 bits per heavy atom. The number of ketones is 1. The van der Waals surface area contributed by atoms with E-state index in [4.69, 9.17) is 9.47 Å². The third kappa shape index (κ3) is 3.71. The van der Waals surface area contributed by atoms with Gasteiger partial charge in [-0.1, -0.05) is 0 Å². The molecule has 0 bridgehead atoms. The van der Waals surface area contributed by atoms with Crippen molar-refractivity contribution >= 4 is 11.8 Å². The fraction of sp³-hybridized carbons (Fsp3) is 0.600. The molecule has 6 heteroatoms. The van der Waals surface area contributed by atoms with Gasteiger partial charge in [0.15, 0.2) is 5.78 Å². The minimum atomic E-state index is -0.413. The third-order valence-corrected chi connectivity index (χ3v) is 3.51. The van der Waals surface area contributed by atoms with Crippen molar-refractivity contribution in [3.05, 3.63) is 22.5 Å². The summed E-state index contributed by atoms with van der Waals surface area (Å²) < 4.78 is 11.6. The number of hydrogen-bond acceptors (Lipinski definition) is 5. The minimum Gasteiger partial charge on any atom is -0.464 e. The maximum atomic E-state index is 12.4. The van der Waals surface area contributed by atoms with Gasteiger partial charge in [-0.2, -0.15) is 0 Å². The number of carbonyl (C=O) groups is 2. The molecule has 0 saturated heterocycles. The van der Waals surface area contributed by atoms with Crippen LogP contribution in [0, 0.1) is 13.8 Å². The van der Waals surface area contributed by atoms with Crippen LogP contribution in [0.2, 0.25) is 0 Å². The Balaban J connectivity index is 3.05. The zero-order chi connectivity index (χ0) is 16.0. The van der Waals surface area contributed by atoms with Crippen LogP contribution >= 0.6 is 0 Å². The lowest BCUT2D eigenvalue weighted by Crippen LogP contribution is -2.27. The number of aromatic nitrogens is 1. The second-order valence-corrected chi connectivity index (χ2v) is 4.76. The Morgan fingerprint density at radius 2 is 1.90 bits per heavy atom. The van der Waals surface area contributed by atoms with Crippen LogP contribution in [0.5, 0.6) is 0 Å². The van der Waals surface area contributed by atoms with Crippen molar-refractivity contribution in [2.24, 2.45) is 0 Å². The lowest BCUT2D eigenvalue weighted by molar-refractivity contribution is 0.0587. The lowest BCUT2D eigenvalue weighted by Gasteiger charge is -2.07. The SMILES string of the molecule is CCn1c(C)c(C(=O)CNCCOC)c(C)c1C(=O)OC. The Bertz CT molecular complexity index is 520. The van der Waals surface area contributed by atoms with Crippen LogP contribution in [-0.4, -0.2) is 50.2 Å². The van der Waals surface area contributed by atoms with Crippen LogP contribution in [0.25, 0.3) is 0 Å². The molecule has 0 saturated carbocycles. The van der Waals surface area contributed by atoms with Crippen molar-refractivity contribution in [2.75, 3.05) is 33.9 Å². The van der Waals surface area contributed by atoms with Crippen LogP contribution in [0.4, 0.5) is 0 Å². The van der Waals surface area contributed by atoms with Gasteiger partial charge in [-0.15, -0.1) is 0 Å². The minimum absolute atomic E-state index is 0.0292. The maximum Gasteiger partial charge on any atom is 0.354 e. The number of ether oxygens (including phenoxy) is 2. The highest BCUT2D eigenvalue weighted by Crippen LogP contribution is 2.23. The number of nitrogens with zero attached hydrogens (tertiary/aromatic N) is 1. The summed E-state index contributed by atoms with van der Waals surface area (Å²) >= 11 is 0. The van der Waals surface area contributed by atoms with E-state index in [0.717, 1.165) is 5.69 Å². The average molecular weight is 296 g/mol. The first-order valence-electron chi connectivity index (χ1n) is 7.00. The number of nitrogens with one attached hydrogen (secondary N) is 1. The van der Waals surface area contributed by atoms with Gasteiger partial charge in [0.05, 0.1) is 20.3 Å². The quantitative estimate of drug-likeness (QED) is 0.445. The van der Waals surface area contributed by atoms with E-state index in [0.29, 0.717) is 36.5 Å². The molecule has 0 radical (unpaired) electrons. The molecule has 0 aromatic carbocycles. The predicted molar refractivity (Wildman–Crippen MR) is 80.0 cm³/mol. The van der Waals surface area contributed by atoms with Crippen molar-refractivity contribution in [3.63, 3.8) is 0 Å². The highest BCUT2D eigenvalue weighted by molar-refractivity contribution is 6.03. The van der Waals surface area contributed by atoms with Crippen LogP contribution in [0.3, 0.4) is 0 Å². The molecule has 0 amide bonds. The molecule has 0 unspecified atom stereocenters. The molecule has 0 spiro atoms. The van der Waals surface area contributed by atoms with Gasteiger partial charge in [-0.3, -0.25) is 4.79 Å². The highest BCUT2D eigenvalue weighted by Gasteiger charge is 2.25. The number of carbonyl (C=O) groups excluding carboxylic acids is 2. The fourth-order valence-electron chi connectivity index (χ4n) is 2.53. The van der Waals surface area contributed by atoms with Crippen LogP contribution < -0.4 is 5.32 Å². The smallest absolute Gasteiger partial charge is 0.354 e. The molecular weight excluding hydrogens is 272 g/mol. The van der Waals surface area contributed by atoms with Crippen molar-refractivity contribution < 1.29 is 19.1 Å². The molecule has 118 valence electrons. The maximum absolute atomic E-state index is 12.4. The van der Waals surface area contributed by atoms with Crippen molar-refractivity contribution in [1.29, 1.82) is 0 Å². The Hall–Kier alpha value is -1.66. The zero-order valence-corrected chi connectivity index (χ0v) is 13.4. The van der Waals surface area contributed by atoms with Crippen molar-refractivity contribution in [1.82, 2.24) is 9.88 Å². The Labute approximate surface area is 125 Å². The summed E-state index contributed by atoms with van der Waals surface area (Å²) in [7, 11) is 2.96. The Kier molecular flexibility index (Phi) is 6.58. The first-order chi connectivity index (χ1) is 9.99. The average Bonchev–Trinajstić information content (AvgIpc) is 2.73. The molecular formula is C15H24N2O4. The van der Waals surface area contributed by atoms with E-state index in [1.165, 1.54) is 7.11 Å². The topological polar surface area (TPSA) is 69.6 Å². The molecule has 0 atom stereocenters. The Morgan fingerprint density at radius 3 is 2.43 bits per heavy atom. The zero-order valence-electron chi connectivity index (χ0n) is 13.4. The van der Waals surface area contributed by atoms with Gasteiger partial charge in [0, 0.05) is 31.5 Å². The molecule has 1 aromatic rings. The second kappa shape index (κ2) is 7.95. The number of Topliss-reactive ketones (excluding diaryl/α,β-unsaturated/α-hetero) is 1. The summed E-state index contributed by atoms with van der Waals surface area (Å²) in [5.41, 5.74) is 2.54. The highest BCUT2D eigenvalue weighted by atomic mass is 16.5. The third-order valence-electron chi connectivity index (χ3n) is 3.51. The number of hydrogen-bond donors (Lipinski definition) is 1.